The van der Waals surface area contributed by atoms with Crippen LogP contribution >= 0.6 is 0 Å². The van der Waals surface area contributed by atoms with E-state index in [9.17, 15) is 0 Å². The Labute approximate surface area is 84.5 Å². The molecule has 4 nitrogen and oxygen atoms in total. The van der Waals surface area contributed by atoms with Crippen LogP contribution in [0.3, 0.4) is 0 Å². The van der Waals surface area contributed by atoms with E-state index < -0.39 is 0 Å². The van der Waals surface area contributed by atoms with E-state index in [2.05, 4.69) is 23.8 Å². The summed E-state index contributed by atoms with van der Waals surface area (Å²) in [4.78, 5) is 8.28. The Bertz CT molecular complexity index is 312. The summed E-state index contributed by atoms with van der Waals surface area (Å²) in [6.45, 7) is 4.18. The second-order valence-corrected chi connectivity index (χ2v) is 3.12. The van der Waals surface area contributed by atoms with Crippen LogP contribution in [0.25, 0.3) is 0 Å². The molecular formula is C10H17N3O. The molecule has 1 heterocycles. The van der Waals surface area contributed by atoms with Gasteiger partial charge in [-0.3, -0.25) is 0 Å². The zero-order valence-corrected chi connectivity index (χ0v) is 9.00. The van der Waals surface area contributed by atoms with Crippen LogP contribution in [-0.4, -0.2) is 17.1 Å². The van der Waals surface area contributed by atoms with Crippen molar-refractivity contribution in [3.63, 3.8) is 0 Å². The number of ether oxygens (including phenoxy) is 1. The number of hydrogen-bond acceptors (Lipinski definition) is 4. The number of nitrogens with zero attached hydrogens (tertiary/aromatic N) is 2. The molecule has 4 heteroatoms. The molecule has 1 aromatic heterocycles. The van der Waals surface area contributed by atoms with E-state index in [0.717, 1.165) is 30.5 Å². The summed E-state index contributed by atoms with van der Waals surface area (Å²) in [7, 11) is 1.61. The molecule has 0 aromatic carbocycles. The first-order valence-electron chi connectivity index (χ1n) is 4.92. The van der Waals surface area contributed by atoms with Gasteiger partial charge in [0.1, 0.15) is 0 Å². The molecule has 0 unspecified atom stereocenters. The van der Waals surface area contributed by atoms with Gasteiger partial charge in [0.15, 0.2) is 0 Å². The Balaban J connectivity index is 3.17. The Hall–Kier alpha value is -1.32. The van der Waals surface area contributed by atoms with Crippen LogP contribution in [0.15, 0.2) is 0 Å². The zero-order valence-electron chi connectivity index (χ0n) is 9.00. The number of hydrogen-bond donors (Lipinski definition) is 1. The van der Waals surface area contributed by atoms with Crippen molar-refractivity contribution in [2.24, 2.45) is 0 Å². The van der Waals surface area contributed by atoms with E-state index in [1.165, 1.54) is 0 Å². The van der Waals surface area contributed by atoms with Crippen molar-refractivity contribution in [2.45, 2.75) is 33.1 Å². The molecule has 0 spiro atoms. The molecule has 2 N–H and O–H groups in total. The molecule has 0 radical (unpaired) electrons. The summed E-state index contributed by atoms with van der Waals surface area (Å²) in [6.07, 6.45) is 2.84. The molecule has 1 aromatic rings. The molecule has 0 saturated carbocycles. The summed E-state index contributed by atoms with van der Waals surface area (Å²) in [5.41, 5.74) is 7.67. The first-order valence-corrected chi connectivity index (χ1v) is 4.92. The molecule has 0 aliphatic carbocycles. The lowest BCUT2D eigenvalue weighted by Crippen LogP contribution is -2.06. The van der Waals surface area contributed by atoms with Gasteiger partial charge in [-0.25, -0.2) is 4.98 Å². The van der Waals surface area contributed by atoms with Crippen molar-refractivity contribution in [2.75, 3.05) is 12.8 Å². The lowest BCUT2D eigenvalue weighted by atomic mass is 10.1. The van der Waals surface area contributed by atoms with Crippen molar-refractivity contribution >= 4 is 5.95 Å². The van der Waals surface area contributed by atoms with Gasteiger partial charge >= 0.3 is 0 Å². The third kappa shape index (κ3) is 2.13. The maximum atomic E-state index is 5.59. The van der Waals surface area contributed by atoms with E-state index >= 15 is 0 Å². The molecule has 0 aliphatic rings. The van der Waals surface area contributed by atoms with Gasteiger partial charge in [-0.1, -0.05) is 20.3 Å². The number of methoxy groups -OCH3 is 1. The van der Waals surface area contributed by atoms with Crippen molar-refractivity contribution in [3.8, 4) is 5.88 Å². The average Bonchev–Trinajstić information content (AvgIpc) is 2.17. The highest BCUT2D eigenvalue weighted by atomic mass is 16.5. The number of nitrogens with two attached hydrogens (primary N) is 1. The molecular weight excluding hydrogens is 178 g/mol. The summed E-state index contributed by atoms with van der Waals surface area (Å²) < 4.78 is 5.17. The number of nitrogen functional groups attached to an aromatic ring is 1. The minimum absolute atomic E-state index is 0.294. The van der Waals surface area contributed by atoms with Crippen LogP contribution in [0.5, 0.6) is 5.88 Å². The molecule has 78 valence electrons. The second kappa shape index (κ2) is 4.79. The summed E-state index contributed by atoms with van der Waals surface area (Å²) in [5, 5.41) is 0. The summed E-state index contributed by atoms with van der Waals surface area (Å²) in [5.74, 6) is 0.908. The van der Waals surface area contributed by atoms with E-state index in [4.69, 9.17) is 10.5 Å². The van der Waals surface area contributed by atoms with Gasteiger partial charge in [0.25, 0.3) is 0 Å². The van der Waals surface area contributed by atoms with Crippen molar-refractivity contribution < 1.29 is 4.74 Å². The van der Waals surface area contributed by atoms with Gasteiger partial charge in [-0.05, 0) is 12.8 Å². The summed E-state index contributed by atoms with van der Waals surface area (Å²) in [6, 6.07) is 0. The maximum absolute atomic E-state index is 5.59. The van der Waals surface area contributed by atoms with E-state index in [0.29, 0.717) is 11.8 Å². The second-order valence-electron chi connectivity index (χ2n) is 3.12. The third-order valence-electron chi connectivity index (χ3n) is 2.11. The van der Waals surface area contributed by atoms with Gasteiger partial charge < -0.3 is 10.5 Å². The van der Waals surface area contributed by atoms with Crippen molar-refractivity contribution in [3.05, 3.63) is 11.3 Å². The predicted molar refractivity (Wildman–Crippen MR) is 56.4 cm³/mol. The number of aromatic nitrogens is 2. The lowest BCUT2D eigenvalue weighted by molar-refractivity contribution is 0.391. The van der Waals surface area contributed by atoms with Gasteiger partial charge in [-0.15, -0.1) is 0 Å². The highest BCUT2D eigenvalue weighted by Crippen LogP contribution is 2.21. The Morgan fingerprint density at radius 3 is 2.50 bits per heavy atom. The smallest absolute Gasteiger partial charge is 0.223 e. The predicted octanol–water partition coefficient (Wildman–Crippen LogP) is 1.58. The van der Waals surface area contributed by atoms with Crippen LogP contribution in [0.1, 0.15) is 31.5 Å². The number of aryl methyl sites for hydroxylation is 1. The molecule has 0 atom stereocenters. The standard InChI is InChI=1S/C10H17N3O/c1-4-6-8-7(5-2)9(14-3)13-10(11)12-8/h4-6H2,1-3H3,(H2,11,12,13). The lowest BCUT2D eigenvalue weighted by Gasteiger charge is -2.10. The molecule has 1 rings (SSSR count). The van der Waals surface area contributed by atoms with Crippen LogP contribution in [0.2, 0.25) is 0 Å². The largest absolute Gasteiger partial charge is 0.481 e. The molecule has 0 amide bonds. The van der Waals surface area contributed by atoms with Crippen molar-refractivity contribution in [1.29, 1.82) is 0 Å². The first kappa shape index (κ1) is 10.8. The van der Waals surface area contributed by atoms with Crippen LogP contribution < -0.4 is 10.5 Å². The quantitative estimate of drug-likeness (QED) is 0.792. The van der Waals surface area contributed by atoms with Crippen LogP contribution in [-0.2, 0) is 12.8 Å². The first-order chi connectivity index (χ1) is 6.72. The SMILES string of the molecule is CCCc1nc(N)nc(OC)c1CC. The monoisotopic (exact) mass is 195 g/mol. The van der Waals surface area contributed by atoms with E-state index in [1.807, 2.05) is 0 Å². The molecule has 0 bridgehead atoms. The van der Waals surface area contributed by atoms with Gasteiger partial charge in [0, 0.05) is 5.56 Å². The van der Waals surface area contributed by atoms with Gasteiger partial charge in [-0.2, -0.15) is 4.98 Å². The fraction of sp³-hybridized carbons (Fsp3) is 0.600. The fourth-order valence-corrected chi connectivity index (χ4v) is 1.49. The highest BCUT2D eigenvalue weighted by Gasteiger charge is 2.11. The van der Waals surface area contributed by atoms with E-state index in [-0.39, 0.29) is 0 Å². The van der Waals surface area contributed by atoms with Crippen LogP contribution in [0, 0.1) is 0 Å². The molecule has 0 saturated heterocycles. The Morgan fingerprint density at radius 1 is 1.29 bits per heavy atom. The highest BCUT2D eigenvalue weighted by molar-refractivity contribution is 5.36. The third-order valence-corrected chi connectivity index (χ3v) is 2.11. The minimum Gasteiger partial charge on any atom is -0.481 e. The van der Waals surface area contributed by atoms with Gasteiger partial charge in [0.05, 0.1) is 12.8 Å². The van der Waals surface area contributed by atoms with Crippen LogP contribution in [0.4, 0.5) is 5.95 Å². The average molecular weight is 195 g/mol. The minimum atomic E-state index is 0.294. The fourth-order valence-electron chi connectivity index (χ4n) is 1.49. The zero-order chi connectivity index (χ0) is 10.6. The number of rotatable bonds is 4. The molecule has 0 aliphatic heterocycles. The normalized spacial score (nSPS) is 10.2. The van der Waals surface area contributed by atoms with E-state index in [1.54, 1.807) is 7.11 Å². The summed E-state index contributed by atoms with van der Waals surface area (Å²) >= 11 is 0. The topological polar surface area (TPSA) is 61.0 Å². The Kier molecular flexibility index (Phi) is 3.68. The van der Waals surface area contributed by atoms with Gasteiger partial charge in [0.2, 0.25) is 11.8 Å². The number of anilines is 1. The molecule has 14 heavy (non-hydrogen) atoms. The molecule has 0 fully saturated rings. The van der Waals surface area contributed by atoms with Crippen molar-refractivity contribution in [1.82, 2.24) is 9.97 Å². The Morgan fingerprint density at radius 2 is 2.00 bits per heavy atom. The maximum Gasteiger partial charge on any atom is 0.223 e.